The van der Waals surface area contributed by atoms with E-state index in [-0.39, 0.29) is 11.2 Å². The molecule has 14 heavy (non-hydrogen) atoms. The maximum atomic E-state index is 11.2. The zero-order valence-corrected chi connectivity index (χ0v) is 9.34. The molecule has 0 aliphatic carbocycles. The first-order valence-corrected chi connectivity index (χ1v) is 5.13. The molecular formula is C11H15NOS. The second-order valence-electron chi connectivity index (χ2n) is 3.32. The smallest absolute Gasteiger partial charge is 0.232 e. The second-order valence-corrected chi connectivity index (χ2v) is 4.09. The SMILES string of the molecule is Cc1ccccc1CNC(=O)C(C)S. The first-order chi connectivity index (χ1) is 6.61. The van der Waals surface area contributed by atoms with E-state index in [1.54, 1.807) is 6.92 Å². The average Bonchev–Trinajstić information content (AvgIpc) is 2.16. The van der Waals surface area contributed by atoms with Gasteiger partial charge in [0.25, 0.3) is 0 Å². The lowest BCUT2D eigenvalue weighted by molar-refractivity contribution is -0.120. The van der Waals surface area contributed by atoms with E-state index in [1.165, 1.54) is 5.56 Å². The fourth-order valence-electron chi connectivity index (χ4n) is 1.14. The van der Waals surface area contributed by atoms with Crippen LogP contribution in [0, 0.1) is 6.92 Å². The lowest BCUT2D eigenvalue weighted by atomic mass is 10.1. The van der Waals surface area contributed by atoms with Crippen molar-refractivity contribution < 1.29 is 4.79 Å². The molecule has 0 saturated heterocycles. The van der Waals surface area contributed by atoms with Gasteiger partial charge in [-0.15, -0.1) is 0 Å². The van der Waals surface area contributed by atoms with Crippen LogP contribution in [0.25, 0.3) is 0 Å². The van der Waals surface area contributed by atoms with Gasteiger partial charge in [0.05, 0.1) is 5.25 Å². The lowest BCUT2D eigenvalue weighted by Crippen LogP contribution is -2.29. The molecule has 0 aromatic heterocycles. The highest BCUT2D eigenvalue weighted by Gasteiger charge is 2.06. The molecule has 1 unspecified atom stereocenters. The van der Waals surface area contributed by atoms with Crippen LogP contribution in [-0.2, 0) is 11.3 Å². The Bertz CT molecular complexity index is 323. The fourth-order valence-corrected chi connectivity index (χ4v) is 1.23. The van der Waals surface area contributed by atoms with Crippen LogP contribution < -0.4 is 5.32 Å². The Balaban J connectivity index is 2.54. The molecule has 0 saturated carbocycles. The Labute approximate surface area is 90.1 Å². The van der Waals surface area contributed by atoms with E-state index in [1.807, 2.05) is 31.2 Å². The minimum Gasteiger partial charge on any atom is -0.351 e. The van der Waals surface area contributed by atoms with Crippen molar-refractivity contribution in [2.75, 3.05) is 0 Å². The molecule has 0 aliphatic rings. The monoisotopic (exact) mass is 209 g/mol. The highest BCUT2D eigenvalue weighted by molar-refractivity contribution is 7.81. The van der Waals surface area contributed by atoms with Gasteiger partial charge < -0.3 is 5.32 Å². The van der Waals surface area contributed by atoms with Crippen molar-refractivity contribution in [1.29, 1.82) is 0 Å². The second kappa shape index (κ2) is 5.05. The summed E-state index contributed by atoms with van der Waals surface area (Å²) < 4.78 is 0. The largest absolute Gasteiger partial charge is 0.351 e. The number of rotatable bonds is 3. The highest BCUT2D eigenvalue weighted by atomic mass is 32.1. The van der Waals surface area contributed by atoms with E-state index < -0.39 is 0 Å². The Kier molecular flexibility index (Phi) is 4.01. The molecule has 1 aromatic rings. The van der Waals surface area contributed by atoms with Gasteiger partial charge in [-0.3, -0.25) is 4.79 Å². The Morgan fingerprint density at radius 1 is 1.50 bits per heavy atom. The van der Waals surface area contributed by atoms with Crippen molar-refractivity contribution in [3.8, 4) is 0 Å². The Morgan fingerprint density at radius 2 is 2.14 bits per heavy atom. The van der Waals surface area contributed by atoms with Crippen molar-refractivity contribution >= 4 is 18.5 Å². The maximum Gasteiger partial charge on any atom is 0.232 e. The average molecular weight is 209 g/mol. The number of hydrogen-bond acceptors (Lipinski definition) is 2. The van der Waals surface area contributed by atoms with Crippen LogP contribution in [0.2, 0.25) is 0 Å². The Morgan fingerprint density at radius 3 is 2.71 bits per heavy atom. The van der Waals surface area contributed by atoms with Crippen LogP contribution in [0.15, 0.2) is 24.3 Å². The molecule has 3 heteroatoms. The third-order valence-electron chi connectivity index (χ3n) is 2.09. The van der Waals surface area contributed by atoms with E-state index in [0.717, 1.165) is 5.56 Å². The van der Waals surface area contributed by atoms with Gasteiger partial charge in [0.2, 0.25) is 5.91 Å². The molecule has 1 amide bonds. The molecule has 1 aromatic carbocycles. The first kappa shape index (κ1) is 11.1. The van der Waals surface area contributed by atoms with Crippen molar-refractivity contribution in [3.05, 3.63) is 35.4 Å². The summed E-state index contributed by atoms with van der Waals surface area (Å²) in [5.41, 5.74) is 2.34. The van der Waals surface area contributed by atoms with Gasteiger partial charge >= 0.3 is 0 Å². The van der Waals surface area contributed by atoms with Crippen LogP contribution in [0.4, 0.5) is 0 Å². The predicted molar refractivity (Wildman–Crippen MR) is 61.5 cm³/mol. The molecule has 1 rings (SSSR count). The van der Waals surface area contributed by atoms with Crippen molar-refractivity contribution in [2.24, 2.45) is 0 Å². The topological polar surface area (TPSA) is 29.1 Å². The predicted octanol–water partition coefficient (Wildman–Crippen LogP) is 1.93. The number of thiol groups is 1. The van der Waals surface area contributed by atoms with Crippen molar-refractivity contribution in [1.82, 2.24) is 5.32 Å². The number of aryl methyl sites for hydroxylation is 1. The third kappa shape index (κ3) is 3.07. The zero-order chi connectivity index (χ0) is 10.6. The van der Waals surface area contributed by atoms with Gasteiger partial charge in [0.15, 0.2) is 0 Å². The zero-order valence-electron chi connectivity index (χ0n) is 8.45. The van der Waals surface area contributed by atoms with Crippen LogP contribution in [0.1, 0.15) is 18.1 Å². The van der Waals surface area contributed by atoms with Gasteiger partial charge in [0.1, 0.15) is 0 Å². The van der Waals surface area contributed by atoms with E-state index in [2.05, 4.69) is 17.9 Å². The normalized spacial score (nSPS) is 12.2. The maximum absolute atomic E-state index is 11.2. The van der Waals surface area contributed by atoms with Crippen molar-refractivity contribution in [3.63, 3.8) is 0 Å². The molecule has 0 heterocycles. The molecular weight excluding hydrogens is 194 g/mol. The van der Waals surface area contributed by atoms with Crippen molar-refractivity contribution in [2.45, 2.75) is 25.6 Å². The standard InChI is InChI=1S/C11H15NOS/c1-8-5-3-4-6-10(8)7-12-11(13)9(2)14/h3-6,9,14H,7H2,1-2H3,(H,12,13). The number of carbonyl (C=O) groups is 1. The first-order valence-electron chi connectivity index (χ1n) is 4.61. The molecule has 1 atom stereocenters. The summed E-state index contributed by atoms with van der Waals surface area (Å²) in [6.45, 7) is 4.37. The molecule has 0 radical (unpaired) electrons. The highest BCUT2D eigenvalue weighted by Crippen LogP contribution is 2.06. The molecule has 1 N–H and O–H groups in total. The molecule has 2 nitrogen and oxygen atoms in total. The van der Waals surface area contributed by atoms with E-state index in [9.17, 15) is 4.79 Å². The number of amides is 1. The van der Waals surface area contributed by atoms with Crippen LogP contribution >= 0.6 is 12.6 Å². The summed E-state index contributed by atoms with van der Waals surface area (Å²) in [5.74, 6) is -0.0309. The summed E-state index contributed by atoms with van der Waals surface area (Å²) in [6.07, 6.45) is 0. The summed E-state index contributed by atoms with van der Waals surface area (Å²) in [5, 5.41) is 2.57. The third-order valence-corrected chi connectivity index (χ3v) is 2.33. The van der Waals surface area contributed by atoms with Gasteiger partial charge in [-0.05, 0) is 25.0 Å². The molecule has 0 aliphatic heterocycles. The van der Waals surface area contributed by atoms with E-state index >= 15 is 0 Å². The fraction of sp³-hybridized carbons (Fsp3) is 0.364. The van der Waals surface area contributed by atoms with Gasteiger partial charge in [-0.25, -0.2) is 0 Å². The molecule has 0 spiro atoms. The van der Waals surface area contributed by atoms with Gasteiger partial charge in [-0.1, -0.05) is 24.3 Å². The number of carbonyl (C=O) groups excluding carboxylic acids is 1. The summed E-state index contributed by atoms with van der Waals surface area (Å²) in [4.78, 5) is 11.2. The summed E-state index contributed by atoms with van der Waals surface area (Å²) in [6, 6.07) is 8.00. The lowest BCUT2D eigenvalue weighted by Gasteiger charge is -2.08. The van der Waals surface area contributed by atoms with Gasteiger partial charge in [-0.2, -0.15) is 12.6 Å². The number of benzene rings is 1. The van der Waals surface area contributed by atoms with E-state index in [4.69, 9.17) is 0 Å². The van der Waals surface area contributed by atoms with Crippen LogP contribution in [-0.4, -0.2) is 11.2 Å². The van der Waals surface area contributed by atoms with Crippen LogP contribution in [0.3, 0.4) is 0 Å². The molecule has 0 bridgehead atoms. The minimum atomic E-state index is -0.251. The summed E-state index contributed by atoms with van der Waals surface area (Å²) in [7, 11) is 0. The molecule has 76 valence electrons. The summed E-state index contributed by atoms with van der Waals surface area (Å²) >= 11 is 4.05. The van der Waals surface area contributed by atoms with E-state index in [0.29, 0.717) is 6.54 Å². The van der Waals surface area contributed by atoms with Crippen LogP contribution in [0.5, 0.6) is 0 Å². The quantitative estimate of drug-likeness (QED) is 0.732. The minimum absolute atomic E-state index is 0.0309. The molecule has 0 fully saturated rings. The number of hydrogen-bond donors (Lipinski definition) is 2. The number of nitrogens with one attached hydrogen (secondary N) is 1. The van der Waals surface area contributed by atoms with Gasteiger partial charge in [0, 0.05) is 6.54 Å². The Hall–Kier alpha value is -0.960.